The van der Waals surface area contributed by atoms with Crippen LogP contribution in [0.5, 0.6) is 0 Å². The largest absolute Gasteiger partial charge is 0.456 e. The van der Waals surface area contributed by atoms with E-state index in [9.17, 15) is 0 Å². The number of hydrogen-bond donors (Lipinski definition) is 0. The Morgan fingerprint density at radius 1 is 0.308 bits per heavy atom. The van der Waals surface area contributed by atoms with Crippen molar-refractivity contribution in [1.82, 2.24) is 0 Å². The SMILES string of the molecule is c1ccc(-c2ccccc2-c2c3ccccc3c(-c3cc(-c4ccc5c(c4)sc4ccccc45)cc4oc5ccccc5c34)c3ccccc23)cc1. The van der Waals surface area contributed by atoms with Gasteiger partial charge >= 0.3 is 0 Å². The third-order valence-corrected chi connectivity index (χ3v) is 11.8. The van der Waals surface area contributed by atoms with Crippen LogP contribution in [0.4, 0.5) is 0 Å². The van der Waals surface area contributed by atoms with Gasteiger partial charge in [0.1, 0.15) is 11.2 Å². The highest BCUT2D eigenvalue weighted by molar-refractivity contribution is 7.25. The highest BCUT2D eigenvalue weighted by atomic mass is 32.1. The molecule has 2 heteroatoms. The Hall–Kier alpha value is -6.48. The molecule has 0 spiro atoms. The normalized spacial score (nSPS) is 11.8. The molecule has 11 aromatic rings. The van der Waals surface area contributed by atoms with Gasteiger partial charge in [-0.25, -0.2) is 0 Å². The number of benzene rings is 9. The van der Waals surface area contributed by atoms with Crippen LogP contribution < -0.4 is 0 Å². The molecular formula is C50H30OS. The standard InChI is InChI=1S/C50H30OS/c1-2-14-31(15-3-1)34-16-4-5-18-37(34)48-38-19-6-8-21-40(38)49(41-22-9-7-20-39(41)48)43-28-33(29-45-50(43)42-23-10-12-24-44(42)51-45)32-26-27-36-35-17-11-13-25-46(35)52-47(36)30-32/h1-30H. The van der Waals surface area contributed by atoms with Crippen LogP contribution >= 0.6 is 11.3 Å². The molecular weight excluding hydrogens is 649 g/mol. The lowest BCUT2D eigenvalue weighted by Gasteiger charge is -2.20. The quantitative estimate of drug-likeness (QED) is 0.169. The second kappa shape index (κ2) is 11.5. The van der Waals surface area contributed by atoms with E-state index in [1.807, 2.05) is 11.3 Å². The molecule has 0 aliphatic rings. The van der Waals surface area contributed by atoms with Crippen molar-refractivity contribution in [1.29, 1.82) is 0 Å². The maximum Gasteiger partial charge on any atom is 0.136 e. The fourth-order valence-electron chi connectivity index (χ4n) is 8.40. The molecule has 11 rings (SSSR count). The zero-order chi connectivity index (χ0) is 34.2. The number of fused-ring (bicyclic) bond motifs is 8. The van der Waals surface area contributed by atoms with Crippen molar-refractivity contribution in [3.8, 4) is 44.5 Å². The molecule has 0 amide bonds. The van der Waals surface area contributed by atoms with Crippen LogP contribution in [0.2, 0.25) is 0 Å². The first-order chi connectivity index (χ1) is 25.8. The van der Waals surface area contributed by atoms with E-state index in [2.05, 4.69) is 182 Å². The van der Waals surface area contributed by atoms with Crippen LogP contribution in [-0.2, 0) is 0 Å². The van der Waals surface area contributed by atoms with Gasteiger partial charge in [-0.15, -0.1) is 11.3 Å². The van der Waals surface area contributed by atoms with Crippen LogP contribution in [0.15, 0.2) is 186 Å². The van der Waals surface area contributed by atoms with Crippen molar-refractivity contribution in [2.75, 3.05) is 0 Å². The predicted octanol–water partition coefficient (Wildman–Crippen LogP) is 14.9. The van der Waals surface area contributed by atoms with Crippen molar-refractivity contribution in [3.05, 3.63) is 182 Å². The maximum atomic E-state index is 6.70. The summed E-state index contributed by atoms with van der Waals surface area (Å²) in [6.45, 7) is 0. The van der Waals surface area contributed by atoms with Crippen LogP contribution in [-0.4, -0.2) is 0 Å². The van der Waals surface area contributed by atoms with Crippen LogP contribution in [0.1, 0.15) is 0 Å². The summed E-state index contributed by atoms with van der Waals surface area (Å²) in [6.07, 6.45) is 0. The molecule has 2 heterocycles. The molecule has 52 heavy (non-hydrogen) atoms. The molecule has 0 saturated carbocycles. The molecule has 0 bridgehead atoms. The summed E-state index contributed by atoms with van der Waals surface area (Å²) in [5.41, 5.74) is 11.5. The van der Waals surface area contributed by atoms with Crippen LogP contribution in [0, 0.1) is 0 Å². The first-order valence-electron chi connectivity index (χ1n) is 17.8. The third kappa shape index (κ3) is 4.41. The van der Waals surface area contributed by atoms with Gasteiger partial charge in [-0.05, 0) is 96.4 Å². The fourth-order valence-corrected chi connectivity index (χ4v) is 9.55. The van der Waals surface area contributed by atoms with Gasteiger partial charge in [0.2, 0.25) is 0 Å². The van der Waals surface area contributed by atoms with Gasteiger partial charge in [0.15, 0.2) is 0 Å². The van der Waals surface area contributed by atoms with Crippen molar-refractivity contribution in [2.24, 2.45) is 0 Å². The second-order valence-corrected chi connectivity index (χ2v) is 14.6. The van der Waals surface area contributed by atoms with E-state index in [0.717, 1.165) is 27.5 Å². The molecule has 0 aliphatic carbocycles. The van der Waals surface area contributed by atoms with E-state index in [0.29, 0.717) is 0 Å². The minimum absolute atomic E-state index is 0.900. The van der Waals surface area contributed by atoms with Gasteiger partial charge < -0.3 is 4.42 Å². The number of rotatable bonds is 4. The summed E-state index contributed by atoms with van der Waals surface area (Å²) in [4.78, 5) is 0. The van der Waals surface area contributed by atoms with E-state index in [4.69, 9.17) is 4.42 Å². The molecule has 0 aliphatic heterocycles. The van der Waals surface area contributed by atoms with E-state index in [-0.39, 0.29) is 0 Å². The molecule has 0 saturated heterocycles. The topological polar surface area (TPSA) is 13.1 Å². The molecule has 0 atom stereocenters. The molecule has 0 unspecified atom stereocenters. The Balaban J connectivity index is 1.25. The summed E-state index contributed by atoms with van der Waals surface area (Å²) >= 11 is 1.86. The first-order valence-corrected chi connectivity index (χ1v) is 18.6. The lowest BCUT2D eigenvalue weighted by molar-refractivity contribution is 0.669. The summed E-state index contributed by atoms with van der Waals surface area (Å²) in [5.74, 6) is 0. The van der Waals surface area contributed by atoms with Gasteiger partial charge in [-0.1, -0.05) is 152 Å². The van der Waals surface area contributed by atoms with Crippen LogP contribution in [0.3, 0.4) is 0 Å². The zero-order valence-corrected chi connectivity index (χ0v) is 29.0. The average molecular weight is 679 g/mol. The Morgan fingerprint density at radius 3 is 1.60 bits per heavy atom. The minimum Gasteiger partial charge on any atom is -0.456 e. The lowest BCUT2D eigenvalue weighted by atomic mass is 9.82. The van der Waals surface area contributed by atoms with Crippen molar-refractivity contribution >= 4 is 75.0 Å². The molecule has 1 nitrogen and oxygen atoms in total. The van der Waals surface area contributed by atoms with Gasteiger partial charge in [0.25, 0.3) is 0 Å². The van der Waals surface area contributed by atoms with E-state index in [1.165, 1.54) is 80.7 Å². The monoisotopic (exact) mass is 678 g/mol. The van der Waals surface area contributed by atoms with Gasteiger partial charge in [0, 0.05) is 30.9 Å². The molecule has 0 fully saturated rings. The number of para-hydroxylation sites is 1. The smallest absolute Gasteiger partial charge is 0.136 e. The fraction of sp³-hybridized carbons (Fsp3) is 0. The molecule has 0 radical (unpaired) electrons. The Kier molecular flexibility index (Phi) is 6.49. The third-order valence-electron chi connectivity index (χ3n) is 10.7. The van der Waals surface area contributed by atoms with Crippen molar-refractivity contribution < 1.29 is 4.42 Å². The van der Waals surface area contributed by atoms with Crippen molar-refractivity contribution in [2.45, 2.75) is 0 Å². The molecule has 0 N–H and O–H groups in total. The second-order valence-electron chi connectivity index (χ2n) is 13.6. The van der Waals surface area contributed by atoms with E-state index in [1.54, 1.807) is 0 Å². The Bertz CT molecular complexity index is 3120. The minimum atomic E-state index is 0.900. The Morgan fingerprint density at radius 2 is 0.865 bits per heavy atom. The van der Waals surface area contributed by atoms with E-state index < -0.39 is 0 Å². The predicted molar refractivity (Wildman–Crippen MR) is 223 cm³/mol. The molecule has 242 valence electrons. The summed E-state index contributed by atoms with van der Waals surface area (Å²) in [6, 6.07) is 66.2. The van der Waals surface area contributed by atoms with Gasteiger partial charge in [-0.3, -0.25) is 0 Å². The number of hydrogen-bond acceptors (Lipinski definition) is 2. The first kappa shape index (κ1) is 29.3. The summed E-state index contributed by atoms with van der Waals surface area (Å²) in [7, 11) is 0. The Labute approximate surface area is 304 Å². The maximum absolute atomic E-state index is 6.70. The highest BCUT2D eigenvalue weighted by Crippen LogP contribution is 2.49. The van der Waals surface area contributed by atoms with Crippen LogP contribution in [0.25, 0.3) is 108 Å². The molecule has 2 aromatic heterocycles. The highest BCUT2D eigenvalue weighted by Gasteiger charge is 2.22. The average Bonchev–Trinajstić information content (AvgIpc) is 3.78. The van der Waals surface area contributed by atoms with Gasteiger partial charge in [0.05, 0.1) is 0 Å². The number of thiophene rings is 1. The lowest BCUT2D eigenvalue weighted by Crippen LogP contribution is -1.93. The van der Waals surface area contributed by atoms with Gasteiger partial charge in [-0.2, -0.15) is 0 Å². The summed E-state index contributed by atoms with van der Waals surface area (Å²) < 4.78 is 9.31. The summed E-state index contributed by atoms with van der Waals surface area (Å²) in [5, 5.41) is 9.81. The van der Waals surface area contributed by atoms with E-state index >= 15 is 0 Å². The zero-order valence-electron chi connectivity index (χ0n) is 28.1. The molecule has 9 aromatic carbocycles. The number of furan rings is 1. The van der Waals surface area contributed by atoms with Crippen molar-refractivity contribution in [3.63, 3.8) is 0 Å².